The second kappa shape index (κ2) is 7.85. The van der Waals surface area contributed by atoms with Crippen LogP contribution in [0.25, 0.3) is 0 Å². The van der Waals surface area contributed by atoms with Gasteiger partial charge in [-0.3, -0.25) is 0 Å². The van der Waals surface area contributed by atoms with Gasteiger partial charge in [0, 0.05) is 19.5 Å². The SMILES string of the molecule is CCc1nc(C)c(CN=C(N)N2CCCC(C)C2)o1.I. The van der Waals surface area contributed by atoms with E-state index in [1.807, 2.05) is 13.8 Å². The highest BCUT2D eigenvalue weighted by Crippen LogP contribution is 2.16. The van der Waals surface area contributed by atoms with Crippen molar-refractivity contribution in [3.63, 3.8) is 0 Å². The summed E-state index contributed by atoms with van der Waals surface area (Å²) < 4.78 is 5.63. The summed E-state index contributed by atoms with van der Waals surface area (Å²) in [6.45, 7) is 8.73. The van der Waals surface area contributed by atoms with Crippen LogP contribution in [0, 0.1) is 12.8 Å². The number of aryl methyl sites for hydroxylation is 2. The topological polar surface area (TPSA) is 67.7 Å². The minimum absolute atomic E-state index is 0. The largest absolute Gasteiger partial charge is 0.443 e. The summed E-state index contributed by atoms with van der Waals surface area (Å²) in [4.78, 5) is 11.0. The first-order valence-electron chi connectivity index (χ1n) is 7.10. The van der Waals surface area contributed by atoms with Crippen molar-refractivity contribution >= 4 is 29.9 Å². The van der Waals surface area contributed by atoms with Crippen LogP contribution in [0.1, 0.15) is 44.0 Å². The number of halogens is 1. The molecule has 5 nitrogen and oxygen atoms in total. The molecule has 1 aromatic rings. The molecule has 0 radical (unpaired) electrons. The van der Waals surface area contributed by atoms with Crippen LogP contribution in [-0.4, -0.2) is 28.9 Å². The van der Waals surface area contributed by atoms with E-state index >= 15 is 0 Å². The Hall–Kier alpha value is -0.790. The molecular weight excluding hydrogens is 367 g/mol. The molecular formula is C14H25IN4O. The predicted molar refractivity (Wildman–Crippen MR) is 91.3 cm³/mol. The third-order valence-corrected chi connectivity index (χ3v) is 3.61. The lowest BCUT2D eigenvalue weighted by Gasteiger charge is -2.31. The zero-order chi connectivity index (χ0) is 13.8. The molecule has 1 aromatic heterocycles. The molecule has 0 bridgehead atoms. The number of oxazole rings is 1. The first-order chi connectivity index (χ1) is 9.10. The molecule has 2 N–H and O–H groups in total. The maximum absolute atomic E-state index is 6.06. The molecule has 0 spiro atoms. The smallest absolute Gasteiger partial charge is 0.194 e. The average molecular weight is 392 g/mol. The molecule has 1 fully saturated rings. The van der Waals surface area contributed by atoms with Gasteiger partial charge < -0.3 is 15.1 Å². The summed E-state index contributed by atoms with van der Waals surface area (Å²) in [6.07, 6.45) is 3.28. The molecule has 0 saturated carbocycles. The zero-order valence-corrected chi connectivity index (χ0v) is 14.9. The molecule has 20 heavy (non-hydrogen) atoms. The van der Waals surface area contributed by atoms with Gasteiger partial charge >= 0.3 is 0 Å². The molecule has 2 rings (SSSR count). The van der Waals surface area contributed by atoms with Gasteiger partial charge in [-0.1, -0.05) is 13.8 Å². The van der Waals surface area contributed by atoms with Gasteiger partial charge in [-0.25, -0.2) is 9.98 Å². The fourth-order valence-electron chi connectivity index (χ4n) is 2.44. The Kier molecular flexibility index (Phi) is 6.78. The van der Waals surface area contributed by atoms with Crippen LogP contribution in [0.2, 0.25) is 0 Å². The fraction of sp³-hybridized carbons (Fsp3) is 0.714. The van der Waals surface area contributed by atoms with Crippen LogP contribution < -0.4 is 5.73 Å². The van der Waals surface area contributed by atoms with Crippen LogP contribution >= 0.6 is 24.0 Å². The minimum Gasteiger partial charge on any atom is -0.443 e. The van der Waals surface area contributed by atoms with Gasteiger partial charge in [0.25, 0.3) is 0 Å². The van der Waals surface area contributed by atoms with Gasteiger partial charge in [-0.2, -0.15) is 0 Å². The fourth-order valence-corrected chi connectivity index (χ4v) is 2.44. The summed E-state index contributed by atoms with van der Waals surface area (Å²) in [5.41, 5.74) is 6.98. The molecule has 2 heterocycles. The number of rotatable bonds is 3. The van der Waals surface area contributed by atoms with Gasteiger partial charge in [-0.15, -0.1) is 24.0 Å². The van der Waals surface area contributed by atoms with E-state index in [4.69, 9.17) is 10.2 Å². The van der Waals surface area contributed by atoms with Crippen molar-refractivity contribution in [3.8, 4) is 0 Å². The maximum atomic E-state index is 6.06. The molecule has 1 unspecified atom stereocenters. The normalized spacial score (nSPS) is 19.9. The number of guanidine groups is 1. The summed E-state index contributed by atoms with van der Waals surface area (Å²) in [5, 5.41) is 0. The Morgan fingerprint density at radius 3 is 2.90 bits per heavy atom. The van der Waals surface area contributed by atoms with Crippen molar-refractivity contribution in [2.24, 2.45) is 16.6 Å². The number of hydrogen-bond donors (Lipinski definition) is 1. The third-order valence-electron chi connectivity index (χ3n) is 3.61. The van der Waals surface area contributed by atoms with Gasteiger partial charge in [0.2, 0.25) is 0 Å². The number of nitrogens with zero attached hydrogens (tertiary/aromatic N) is 3. The number of piperidine rings is 1. The molecule has 0 amide bonds. The zero-order valence-electron chi connectivity index (χ0n) is 12.6. The van der Waals surface area contributed by atoms with E-state index in [9.17, 15) is 0 Å². The van der Waals surface area contributed by atoms with E-state index in [-0.39, 0.29) is 24.0 Å². The Morgan fingerprint density at radius 2 is 2.30 bits per heavy atom. The monoisotopic (exact) mass is 392 g/mol. The van der Waals surface area contributed by atoms with Gasteiger partial charge in [0.15, 0.2) is 11.9 Å². The second-order valence-corrected chi connectivity index (χ2v) is 5.34. The van der Waals surface area contributed by atoms with E-state index in [0.717, 1.165) is 36.9 Å². The van der Waals surface area contributed by atoms with Gasteiger partial charge in [-0.05, 0) is 25.7 Å². The van der Waals surface area contributed by atoms with Crippen molar-refractivity contribution in [2.45, 2.75) is 46.6 Å². The third kappa shape index (κ3) is 4.36. The van der Waals surface area contributed by atoms with Crippen LogP contribution in [-0.2, 0) is 13.0 Å². The van der Waals surface area contributed by atoms with Crippen molar-refractivity contribution in [2.75, 3.05) is 13.1 Å². The Bertz CT molecular complexity index is 458. The standard InChI is InChI=1S/C14H24N4O.HI/c1-4-13-17-11(3)12(19-13)8-16-14(15)18-7-5-6-10(2)9-18;/h10H,4-9H2,1-3H3,(H2,15,16);1H. The first kappa shape index (κ1) is 17.3. The lowest BCUT2D eigenvalue weighted by atomic mass is 10.0. The number of nitrogens with two attached hydrogens (primary N) is 1. The van der Waals surface area contributed by atoms with E-state index in [0.29, 0.717) is 18.4 Å². The number of likely N-dealkylation sites (tertiary alicyclic amines) is 1. The molecule has 114 valence electrons. The quantitative estimate of drug-likeness (QED) is 0.488. The highest BCUT2D eigenvalue weighted by atomic mass is 127. The van der Waals surface area contributed by atoms with Crippen molar-refractivity contribution in [3.05, 3.63) is 17.3 Å². The highest BCUT2D eigenvalue weighted by molar-refractivity contribution is 14.0. The van der Waals surface area contributed by atoms with Crippen molar-refractivity contribution in [1.82, 2.24) is 9.88 Å². The van der Waals surface area contributed by atoms with Crippen LogP contribution in [0.3, 0.4) is 0 Å². The van der Waals surface area contributed by atoms with Crippen LogP contribution in [0.4, 0.5) is 0 Å². The number of hydrogen-bond acceptors (Lipinski definition) is 3. The maximum Gasteiger partial charge on any atom is 0.194 e. The van der Waals surface area contributed by atoms with Crippen molar-refractivity contribution in [1.29, 1.82) is 0 Å². The predicted octanol–water partition coefficient (Wildman–Crippen LogP) is 2.71. The Morgan fingerprint density at radius 1 is 1.55 bits per heavy atom. The van der Waals surface area contributed by atoms with E-state index in [2.05, 4.69) is 21.8 Å². The summed E-state index contributed by atoms with van der Waals surface area (Å²) in [6, 6.07) is 0. The van der Waals surface area contributed by atoms with Gasteiger partial charge in [0.1, 0.15) is 12.3 Å². The van der Waals surface area contributed by atoms with Gasteiger partial charge in [0.05, 0.1) is 5.69 Å². The minimum atomic E-state index is 0. The van der Waals surface area contributed by atoms with Crippen LogP contribution in [0.5, 0.6) is 0 Å². The van der Waals surface area contributed by atoms with E-state index in [1.54, 1.807) is 0 Å². The number of aliphatic imine (C=N–C) groups is 1. The molecule has 1 aliphatic heterocycles. The Labute approximate surface area is 138 Å². The molecule has 0 aliphatic carbocycles. The molecule has 0 aromatic carbocycles. The summed E-state index contributed by atoms with van der Waals surface area (Å²) in [7, 11) is 0. The highest BCUT2D eigenvalue weighted by Gasteiger charge is 2.17. The average Bonchev–Trinajstić information content (AvgIpc) is 2.76. The lowest BCUT2D eigenvalue weighted by molar-refractivity contribution is 0.270. The second-order valence-electron chi connectivity index (χ2n) is 5.34. The number of aromatic nitrogens is 1. The lowest BCUT2D eigenvalue weighted by Crippen LogP contribution is -2.43. The summed E-state index contributed by atoms with van der Waals surface area (Å²) in [5.74, 6) is 2.92. The van der Waals surface area contributed by atoms with E-state index < -0.39 is 0 Å². The van der Waals surface area contributed by atoms with Crippen LogP contribution in [0.15, 0.2) is 9.41 Å². The molecule has 6 heteroatoms. The molecule has 1 aliphatic rings. The van der Waals surface area contributed by atoms with Crippen molar-refractivity contribution < 1.29 is 4.42 Å². The summed E-state index contributed by atoms with van der Waals surface area (Å²) >= 11 is 0. The molecule has 1 atom stereocenters. The first-order valence-corrected chi connectivity index (χ1v) is 7.10. The molecule has 1 saturated heterocycles. The van der Waals surface area contributed by atoms with E-state index in [1.165, 1.54) is 12.8 Å². The Balaban J connectivity index is 0.00000200.